The smallest absolute Gasteiger partial charge is 0 e. The molecular weight excluding hydrogens is 1850 g/mol. The first kappa shape index (κ1) is 104. The van der Waals surface area contributed by atoms with Crippen molar-refractivity contribution in [1.82, 2.24) is 0 Å². The summed E-state index contributed by atoms with van der Waals surface area (Å²) in [7, 11) is 0. The van der Waals surface area contributed by atoms with Crippen LogP contribution >= 0.6 is 0 Å². The average Bonchev–Trinajstić information content (AvgIpc) is 2.78. The van der Waals surface area contributed by atoms with E-state index in [1.807, 2.05) is 55.4 Å². The molecule has 0 saturated carbocycles. The van der Waals surface area contributed by atoms with Gasteiger partial charge in [-0.1, -0.05) is 27.7 Å². The minimum Gasteiger partial charge on any atom is -0.358 e. The fourth-order valence-electron chi connectivity index (χ4n) is 0. The summed E-state index contributed by atoms with van der Waals surface area (Å²) in [6.07, 6.45) is 8.08. The van der Waals surface area contributed by atoms with Crippen molar-refractivity contribution in [3.8, 4) is 0 Å². The molecule has 42 heavy (non-hydrogen) atoms. The van der Waals surface area contributed by atoms with E-state index in [1.54, 1.807) is 6.08 Å². The maximum Gasteiger partial charge on any atom is 0 e. The standard InChI is InChI=1S/C4H5.C3H3N.C3H3O.4C3H7.3C2H3.2CH3.6W.4Y/c1-3-4-2;2*1-2-3-4;4*1-3-2;3*1-2;;;;;;;;;;;;/h1,3H,2H3;2*1-2,4H;4*1,3H2,2H3;3*1H3;2*1H3;;;;;;;;;;/q-1;-2;10*-1;;;;;;;;;;. The van der Waals surface area contributed by atoms with Gasteiger partial charge < -0.3 is 42.5 Å². The number of aliphatic hydroxyl groups excluding tert-OH is 1. The van der Waals surface area contributed by atoms with E-state index in [0.29, 0.717) is 4.02 Å². The molecule has 4 radical (unpaired) electrons. The molecule has 2 nitrogen and oxygen atoms in total. The molecule has 0 atom stereocenters. The third kappa shape index (κ3) is 593. The second-order valence-electron chi connectivity index (χ2n) is 4.43. The third-order valence-corrected chi connectivity index (χ3v) is 2.00. The van der Waals surface area contributed by atoms with Gasteiger partial charge in [0.25, 0.3) is 0 Å². The zero-order chi connectivity index (χ0) is 31.8. The van der Waals surface area contributed by atoms with E-state index in [4.69, 9.17) is 30.6 Å². The maximum atomic E-state index is 8.13. The molecule has 0 aliphatic heterocycles. The molecule has 0 aromatic heterocycles. The van der Waals surface area contributed by atoms with Crippen LogP contribution in [0.3, 0.4) is 0 Å². The van der Waals surface area contributed by atoms with Crippen molar-refractivity contribution >= 4 is 25.2 Å². The predicted octanol–water partition coefficient (Wildman–Crippen LogP) is 7.95. The Bertz CT molecular complexity index is 392. The molecule has 0 spiro atoms. The molecule has 0 unspecified atom stereocenters. The van der Waals surface area contributed by atoms with Gasteiger partial charge >= 0.3 is 218 Å². The van der Waals surface area contributed by atoms with Gasteiger partial charge in [0.15, 0.2) is 0 Å². The first-order valence-electron chi connectivity index (χ1n) is 10.4. The van der Waals surface area contributed by atoms with Gasteiger partial charge in [0.2, 0.25) is 0 Å². The van der Waals surface area contributed by atoms with Crippen molar-refractivity contribution in [3.63, 3.8) is 0 Å². The van der Waals surface area contributed by atoms with E-state index in [0.717, 1.165) is 64.4 Å². The van der Waals surface area contributed by atoms with Crippen LogP contribution in [-0.4, -0.2) is 30.3 Å². The first-order chi connectivity index (χ1) is 16.7. The van der Waals surface area contributed by atoms with Crippen LogP contribution in [0.15, 0.2) is 18.2 Å². The molecule has 0 aliphatic rings. The van der Waals surface area contributed by atoms with E-state index >= 15 is 0 Å². The van der Waals surface area contributed by atoms with Crippen molar-refractivity contribution < 1.29 is 252 Å². The Hall–Kier alpha value is 6.91. The molecule has 2 N–H and O–H groups in total. The Labute approximate surface area is 435 Å². The Balaban J connectivity index is -0.0000000127. The number of aliphatic hydroxyl groups is 1. The Morgan fingerprint density at radius 2 is 0.714 bits per heavy atom. The molecule has 0 saturated heterocycles. The largest absolute Gasteiger partial charge is 0.358 e. The van der Waals surface area contributed by atoms with Crippen LogP contribution in [0.25, 0.3) is 5.73 Å². The summed E-state index contributed by atoms with van der Waals surface area (Å²) in [5, 5.41) is 8.13. The summed E-state index contributed by atoms with van der Waals surface area (Å²) in [4.78, 5) is 0. The molecule has 0 amide bonds. The van der Waals surface area contributed by atoms with Crippen LogP contribution < -0.4 is 0 Å². The van der Waals surface area contributed by atoms with Crippen LogP contribution in [0.4, 0.5) is 0 Å². The molecule has 0 aliphatic carbocycles. The zero-order valence-corrected chi connectivity index (χ0v) is 56.8. The van der Waals surface area contributed by atoms with Crippen molar-refractivity contribution in [3.05, 3.63) is 86.2 Å². The molecule has 246 valence electrons. The van der Waals surface area contributed by atoms with Crippen LogP contribution in [0.1, 0.15) is 81.1 Å². The zero-order valence-electron chi connectivity index (χ0n) is 27.8. The van der Waals surface area contributed by atoms with Gasteiger partial charge in [-0.2, -0.15) is 25.7 Å². The summed E-state index contributed by atoms with van der Waals surface area (Å²) in [6, 6.07) is 0. The predicted molar refractivity (Wildman–Crippen MR) is 161 cm³/mol. The van der Waals surface area contributed by atoms with E-state index in [9.17, 15) is 0 Å². The Kier molecular flexibility index (Phi) is 388. The molecule has 0 rings (SSSR count). The molecule has 12 heteroatoms. The van der Waals surface area contributed by atoms with Crippen molar-refractivity contribution in [2.45, 2.75) is 81.1 Å². The molecule has 0 bridgehead atoms. The van der Waals surface area contributed by atoms with Gasteiger partial charge in [0.05, 0.1) is 0 Å². The van der Waals surface area contributed by atoms with Crippen LogP contribution in [-0.2, 0) is 247 Å². The number of rotatable bonds is 3. The Morgan fingerprint density at radius 1 is 0.643 bits per heavy atom. The van der Waals surface area contributed by atoms with Crippen molar-refractivity contribution in [1.29, 1.82) is 0 Å². The molecule has 0 heterocycles. The van der Waals surface area contributed by atoms with Gasteiger partial charge in [-0.3, -0.25) is 0 Å². The van der Waals surface area contributed by atoms with E-state index < -0.39 is 0 Å². The van der Waals surface area contributed by atoms with Gasteiger partial charge in [-0.05, 0) is 0 Å². The summed E-state index contributed by atoms with van der Waals surface area (Å²) >= 11 is 7.83. The SMILES string of the molecule is C[C-]=[W].C[C-]=[W].C[C-]=[W].[CH-]=C[C](C)=[W].[CH-]=C[C](O)=[W].[CH-]=C[C]([NH-])=[W].[CH2-]CC.[CH2-]CC.[CH2-]CC.[CH2-]CC.[CH3-].[CH3-].[Y].[Y].[Y].[Y]. The van der Waals surface area contributed by atoms with E-state index in [-0.39, 0.29) is 150 Å². The normalized spacial score (nSPS) is 5.00. The van der Waals surface area contributed by atoms with Gasteiger partial charge in [-0.25, -0.2) is 0 Å². The second-order valence-corrected chi connectivity index (χ2v) is 14.2. The monoisotopic (exact) mass is 1900 g/mol. The average molecular weight is 1900 g/mol. The van der Waals surface area contributed by atoms with Gasteiger partial charge in [0, 0.05) is 131 Å². The fourth-order valence-corrected chi connectivity index (χ4v) is 0. The number of hydrogen-bond donors (Lipinski definition) is 1. The van der Waals surface area contributed by atoms with Crippen LogP contribution in [0.2, 0.25) is 0 Å². The number of hydrogen-bond acceptors (Lipinski definition) is 1. The van der Waals surface area contributed by atoms with E-state index in [2.05, 4.69) is 40.9 Å². The summed E-state index contributed by atoms with van der Waals surface area (Å²) < 4.78 is 10.5. The number of allylic oxidation sites excluding steroid dienone is 1. The second kappa shape index (κ2) is 157. The minimum absolute atomic E-state index is 0. The molecule has 0 aromatic carbocycles. The van der Waals surface area contributed by atoms with Crippen molar-refractivity contribution in [2.75, 3.05) is 0 Å². The Morgan fingerprint density at radius 3 is 0.714 bits per heavy atom. The third-order valence-electron chi connectivity index (χ3n) is 0.529. The minimum atomic E-state index is 0. The quantitative estimate of drug-likeness (QED) is 0.287. The summed E-state index contributed by atoms with van der Waals surface area (Å²) in [5.41, 5.74) is 6.60. The van der Waals surface area contributed by atoms with Gasteiger partial charge in [0.1, 0.15) is 0 Å². The first-order valence-corrected chi connectivity index (χ1v) is 19.2. The van der Waals surface area contributed by atoms with Crippen LogP contribution in [0.5, 0.6) is 0 Å². The topological polar surface area (TPSA) is 44.0 Å². The van der Waals surface area contributed by atoms with Crippen molar-refractivity contribution in [2.24, 2.45) is 0 Å². The maximum absolute atomic E-state index is 8.13. The number of nitrogens with one attached hydrogen (secondary N) is 1. The van der Waals surface area contributed by atoms with E-state index in [1.165, 1.54) is 93.5 Å². The molecule has 0 fully saturated rings. The fraction of sp³-hybridized carbons (Fsp3) is 0.400. The van der Waals surface area contributed by atoms with Crippen LogP contribution in [0, 0.1) is 62.3 Å². The summed E-state index contributed by atoms with van der Waals surface area (Å²) in [6.45, 7) is 44.4. The summed E-state index contributed by atoms with van der Waals surface area (Å²) in [5.74, 6) is 0. The molecular formula is C30H54NOW6Y4-13. The van der Waals surface area contributed by atoms with Gasteiger partial charge in [-0.15, -0.1) is 0 Å². The molecule has 0 aromatic rings.